The second-order valence-electron chi connectivity index (χ2n) is 6.10. The smallest absolute Gasteiger partial charge is 0.461 e. The van der Waals surface area contributed by atoms with Gasteiger partial charge in [0.25, 0.3) is 5.91 Å². The summed E-state index contributed by atoms with van der Waals surface area (Å²) in [5.74, 6) is -0.751. The summed E-state index contributed by atoms with van der Waals surface area (Å²) in [5, 5.41) is 11.0. The number of aromatic nitrogens is 3. The van der Waals surface area contributed by atoms with Crippen molar-refractivity contribution in [2.24, 2.45) is 0 Å². The Morgan fingerprint density at radius 3 is 2.56 bits per heavy atom. The van der Waals surface area contributed by atoms with E-state index in [1.807, 2.05) is 6.92 Å². The number of hydrogen-bond donors (Lipinski definition) is 1. The Morgan fingerprint density at radius 1 is 1.19 bits per heavy atom. The van der Waals surface area contributed by atoms with Gasteiger partial charge in [0.2, 0.25) is 0 Å². The molecule has 0 bridgehead atoms. The van der Waals surface area contributed by atoms with Gasteiger partial charge in [-0.15, -0.1) is 23.4 Å². The van der Waals surface area contributed by atoms with E-state index in [4.69, 9.17) is 9.15 Å². The minimum absolute atomic E-state index is 0.104. The summed E-state index contributed by atoms with van der Waals surface area (Å²) in [7, 11) is 0. The number of rotatable bonds is 9. The number of hydrogen-bond acceptors (Lipinski definition) is 8. The number of amides is 1. The van der Waals surface area contributed by atoms with Gasteiger partial charge in [0, 0.05) is 12.2 Å². The van der Waals surface area contributed by atoms with Gasteiger partial charge in [0.1, 0.15) is 5.75 Å². The number of carbonyl (C=O) groups excluding carboxylic acids is 2. The molecular weight excluding hydrogens is 453 g/mol. The molecule has 0 aliphatic carbocycles. The number of halogens is 3. The molecule has 0 spiro atoms. The molecule has 13 heteroatoms. The van der Waals surface area contributed by atoms with Crippen molar-refractivity contribution >= 4 is 29.3 Å². The van der Waals surface area contributed by atoms with E-state index in [9.17, 15) is 22.8 Å². The van der Waals surface area contributed by atoms with Crippen LogP contribution in [0.2, 0.25) is 0 Å². The molecule has 0 saturated carbocycles. The van der Waals surface area contributed by atoms with E-state index in [1.165, 1.54) is 18.4 Å². The Hall–Kier alpha value is -3.48. The lowest BCUT2D eigenvalue weighted by molar-refractivity contribution is -0.274. The first kappa shape index (κ1) is 23.2. The van der Waals surface area contributed by atoms with Crippen LogP contribution >= 0.6 is 11.8 Å². The van der Waals surface area contributed by atoms with Gasteiger partial charge in [-0.2, -0.15) is 0 Å². The van der Waals surface area contributed by atoms with Crippen molar-refractivity contribution in [3.05, 3.63) is 42.7 Å². The number of ether oxygens (including phenoxy) is 2. The molecular formula is C19H17F3N4O5S. The van der Waals surface area contributed by atoms with E-state index in [0.29, 0.717) is 23.3 Å². The minimum atomic E-state index is -4.80. The zero-order valence-electron chi connectivity index (χ0n) is 16.6. The van der Waals surface area contributed by atoms with Crippen LogP contribution in [-0.4, -0.2) is 45.4 Å². The van der Waals surface area contributed by atoms with Crippen LogP contribution in [0.1, 0.15) is 6.92 Å². The Bertz CT molecular complexity index is 1050. The molecule has 32 heavy (non-hydrogen) atoms. The number of furan rings is 1. The normalized spacial score (nSPS) is 11.2. The fraction of sp³-hybridized carbons (Fsp3) is 0.263. The van der Waals surface area contributed by atoms with E-state index in [-0.39, 0.29) is 11.4 Å². The highest BCUT2D eigenvalue weighted by Gasteiger charge is 2.31. The van der Waals surface area contributed by atoms with E-state index < -0.39 is 30.6 Å². The van der Waals surface area contributed by atoms with Crippen molar-refractivity contribution in [3.8, 4) is 17.3 Å². The average molecular weight is 470 g/mol. The van der Waals surface area contributed by atoms with Gasteiger partial charge >= 0.3 is 12.3 Å². The van der Waals surface area contributed by atoms with Crippen LogP contribution in [0.3, 0.4) is 0 Å². The number of alkyl halides is 3. The van der Waals surface area contributed by atoms with Gasteiger partial charge < -0.3 is 19.2 Å². The number of nitrogens with one attached hydrogen (secondary N) is 1. The van der Waals surface area contributed by atoms with E-state index in [0.717, 1.165) is 23.9 Å². The first-order chi connectivity index (χ1) is 15.2. The van der Waals surface area contributed by atoms with Gasteiger partial charge in [-0.3, -0.25) is 14.2 Å². The predicted molar refractivity (Wildman–Crippen MR) is 107 cm³/mol. The summed E-state index contributed by atoms with van der Waals surface area (Å²) in [6.07, 6.45) is -3.29. The van der Waals surface area contributed by atoms with Crippen molar-refractivity contribution < 1.29 is 36.7 Å². The lowest BCUT2D eigenvalue weighted by Gasteiger charge is -2.10. The third-order valence-electron chi connectivity index (χ3n) is 3.83. The third kappa shape index (κ3) is 6.51. The van der Waals surface area contributed by atoms with Crippen molar-refractivity contribution in [2.45, 2.75) is 25.0 Å². The minimum Gasteiger partial charge on any atom is -0.461 e. The van der Waals surface area contributed by atoms with E-state index in [1.54, 1.807) is 16.7 Å². The highest BCUT2D eigenvalue weighted by Crippen LogP contribution is 2.25. The first-order valence-electron chi connectivity index (χ1n) is 9.16. The van der Waals surface area contributed by atoms with E-state index >= 15 is 0 Å². The third-order valence-corrected chi connectivity index (χ3v) is 4.77. The zero-order chi connectivity index (χ0) is 23.1. The summed E-state index contributed by atoms with van der Waals surface area (Å²) in [6.45, 7) is 1.89. The lowest BCUT2D eigenvalue weighted by atomic mass is 10.3. The highest BCUT2D eigenvalue weighted by molar-refractivity contribution is 7.99. The Labute approximate surface area is 183 Å². The molecule has 3 rings (SSSR count). The Kier molecular flexibility index (Phi) is 7.41. The highest BCUT2D eigenvalue weighted by atomic mass is 32.2. The number of nitrogens with zero attached hydrogens (tertiary/aromatic N) is 3. The van der Waals surface area contributed by atoms with Crippen LogP contribution in [0.15, 0.2) is 52.2 Å². The Balaban J connectivity index is 1.45. The van der Waals surface area contributed by atoms with E-state index in [2.05, 4.69) is 20.3 Å². The SMILES string of the molecule is CCn1c(SCC(=O)OCC(=O)Nc2ccc(OC(F)(F)F)cc2)nnc1-c1ccco1. The van der Waals surface area contributed by atoms with Gasteiger partial charge in [0.15, 0.2) is 23.3 Å². The van der Waals surface area contributed by atoms with Crippen LogP contribution in [0.5, 0.6) is 5.75 Å². The molecule has 3 aromatic rings. The molecule has 0 atom stereocenters. The summed E-state index contributed by atoms with van der Waals surface area (Å²) in [6, 6.07) is 8.02. The summed E-state index contributed by atoms with van der Waals surface area (Å²) >= 11 is 1.10. The fourth-order valence-corrected chi connectivity index (χ4v) is 3.32. The van der Waals surface area contributed by atoms with Crippen molar-refractivity contribution in [2.75, 3.05) is 17.7 Å². The number of carbonyl (C=O) groups is 2. The number of benzene rings is 1. The second kappa shape index (κ2) is 10.2. The molecule has 2 aromatic heterocycles. The van der Waals surface area contributed by atoms with Crippen LogP contribution in [-0.2, 0) is 20.9 Å². The summed E-state index contributed by atoms with van der Waals surface area (Å²) < 4.78 is 52.2. The van der Waals surface area contributed by atoms with Crippen LogP contribution in [0.4, 0.5) is 18.9 Å². The van der Waals surface area contributed by atoms with Crippen LogP contribution < -0.4 is 10.1 Å². The molecule has 1 aromatic carbocycles. The molecule has 9 nitrogen and oxygen atoms in total. The van der Waals surface area contributed by atoms with Gasteiger partial charge in [-0.25, -0.2) is 0 Å². The van der Waals surface area contributed by atoms with Crippen molar-refractivity contribution in [1.82, 2.24) is 14.8 Å². The quantitative estimate of drug-likeness (QED) is 0.372. The summed E-state index contributed by atoms with van der Waals surface area (Å²) in [4.78, 5) is 23.9. The molecule has 0 aliphatic rings. The van der Waals surface area contributed by atoms with Gasteiger partial charge in [0.05, 0.1) is 12.0 Å². The monoisotopic (exact) mass is 470 g/mol. The molecule has 0 saturated heterocycles. The molecule has 1 N–H and O–H groups in total. The molecule has 1 amide bonds. The fourth-order valence-electron chi connectivity index (χ4n) is 2.52. The van der Waals surface area contributed by atoms with Gasteiger partial charge in [-0.1, -0.05) is 11.8 Å². The van der Waals surface area contributed by atoms with Crippen molar-refractivity contribution in [1.29, 1.82) is 0 Å². The molecule has 2 heterocycles. The first-order valence-corrected chi connectivity index (χ1v) is 10.1. The largest absolute Gasteiger partial charge is 0.573 e. The number of anilines is 1. The second-order valence-corrected chi connectivity index (χ2v) is 7.04. The maximum Gasteiger partial charge on any atom is 0.573 e. The molecule has 170 valence electrons. The number of esters is 1. The average Bonchev–Trinajstić information content (AvgIpc) is 3.40. The van der Waals surface area contributed by atoms with Crippen molar-refractivity contribution in [3.63, 3.8) is 0 Å². The van der Waals surface area contributed by atoms with Crippen LogP contribution in [0, 0.1) is 0 Å². The molecule has 0 aliphatic heterocycles. The molecule has 0 unspecified atom stereocenters. The predicted octanol–water partition coefficient (Wildman–Crippen LogP) is 3.73. The number of thioether (sulfide) groups is 1. The topological polar surface area (TPSA) is 108 Å². The molecule has 0 fully saturated rings. The maximum absolute atomic E-state index is 12.2. The lowest BCUT2D eigenvalue weighted by Crippen LogP contribution is -2.21. The summed E-state index contributed by atoms with van der Waals surface area (Å²) in [5.41, 5.74) is 0.219. The molecule has 0 radical (unpaired) electrons. The Morgan fingerprint density at radius 2 is 1.94 bits per heavy atom. The maximum atomic E-state index is 12.2. The zero-order valence-corrected chi connectivity index (χ0v) is 17.4. The standard InChI is InChI=1S/C19H17F3N4O5S/c1-2-26-17(14-4-3-9-29-14)24-25-18(26)32-11-16(28)30-10-15(27)23-12-5-7-13(8-6-12)31-19(20,21)22/h3-9H,2,10-11H2,1H3,(H,23,27). The van der Waals surface area contributed by atoms with Crippen LogP contribution in [0.25, 0.3) is 11.6 Å². The van der Waals surface area contributed by atoms with Gasteiger partial charge in [-0.05, 0) is 43.3 Å².